The van der Waals surface area contributed by atoms with Gasteiger partial charge in [0.2, 0.25) is 0 Å². The largest absolute Gasteiger partial charge is 0.445 e. The zero-order valence-electron chi connectivity index (χ0n) is 10.1. The number of nitrogen functional groups attached to an aromatic ring is 1. The van der Waals surface area contributed by atoms with Crippen molar-refractivity contribution in [1.29, 1.82) is 0 Å². The van der Waals surface area contributed by atoms with Gasteiger partial charge >= 0.3 is 6.09 Å². The summed E-state index contributed by atoms with van der Waals surface area (Å²) in [4.78, 5) is 11.3. The van der Waals surface area contributed by atoms with Gasteiger partial charge in [0.05, 0.1) is 0 Å². The van der Waals surface area contributed by atoms with E-state index in [1.54, 1.807) is 12.1 Å². The van der Waals surface area contributed by atoms with Crippen LogP contribution in [0.1, 0.15) is 19.4 Å². The second-order valence-electron chi connectivity index (χ2n) is 4.48. The van der Waals surface area contributed by atoms with Crippen molar-refractivity contribution in [3.05, 3.63) is 29.8 Å². The van der Waals surface area contributed by atoms with Crippen molar-refractivity contribution in [2.75, 3.05) is 12.3 Å². The van der Waals surface area contributed by atoms with E-state index in [0.29, 0.717) is 12.2 Å². The van der Waals surface area contributed by atoms with Crippen LogP contribution >= 0.6 is 12.6 Å². The second-order valence-corrected chi connectivity index (χ2v) is 5.69. The van der Waals surface area contributed by atoms with Gasteiger partial charge in [-0.05, 0) is 31.5 Å². The van der Waals surface area contributed by atoms with Crippen molar-refractivity contribution < 1.29 is 9.53 Å². The van der Waals surface area contributed by atoms with Gasteiger partial charge in [-0.1, -0.05) is 12.1 Å². The van der Waals surface area contributed by atoms with E-state index < -0.39 is 6.09 Å². The van der Waals surface area contributed by atoms with Crippen LogP contribution in [0.2, 0.25) is 0 Å². The average molecular weight is 254 g/mol. The van der Waals surface area contributed by atoms with E-state index in [2.05, 4.69) is 17.9 Å². The van der Waals surface area contributed by atoms with Crippen LogP contribution in [0, 0.1) is 0 Å². The third kappa shape index (κ3) is 6.06. The second kappa shape index (κ2) is 5.82. The molecule has 1 rings (SSSR count). The van der Waals surface area contributed by atoms with Crippen LogP contribution in [0.15, 0.2) is 24.3 Å². The lowest BCUT2D eigenvalue weighted by Gasteiger charge is -2.17. The number of anilines is 1. The van der Waals surface area contributed by atoms with Crippen LogP contribution in [0.5, 0.6) is 0 Å². The Hall–Kier alpha value is -1.36. The van der Waals surface area contributed by atoms with Crippen LogP contribution in [-0.4, -0.2) is 17.4 Å². The number of rotatable bonds is 4. The molecule has 0 atom stereocenters. The predicted octanol–water partition coefficient (Wildman–Crippen LogP) is 2.20. The lowest BCUT2D eigenvalue weighted by Crippen LogP contribution is -2.35. The van der Waals surface area contributed by atoms with Crippen molar-refractivity contribution in [2.24, 2.45) is 0 Å². The van der Waals surface area contributed by atoms with E-state index in [1.807, 2.05) is 26.0 Å². The number of carbonyl (C=O) groups excluding carboxylic acids is 1. The number of nitrogens with two attached hydrogens (primary N) is 1. The molecule has 1 aromatic carbocycles. The van der Waals surface area contributed by atoms with Crippen LogP contribution in [0.25, 0.3) is 0 Å². The minimum absolute atomic E-state index is 0.235. The summed E-state index contributed by atoms with van der Waals surface area (Å²) in [6.07, 6.45) is -0.441. The summed E-state index contributed by atoms with van der Waals surface area (Å²) >= 11 is 4.29. The van der Waals surface area contributed by atoms with E-state index in [4.69, 9.17) is 10.5 Å². The number of carbonyl (C=O) groups is 1. The number of benzene rings is 1. The van der Waals surface area contributed by atoms with E-state index in [1.165, 1.54) is 0 Å². The van der Waals surface area contributed by atoms with Gasteiger partial charge < -0.3 is 15.8 Å². The number of hydrogen-bond acceptors (Lipinski definition) is 4. The van der Waals surface area contributed by atoms with E-state index in [-0.39, 0.29) is 11.4 Å². The Bertz CT molecular complexity index is 371. The topological polar surface area (TPSA) is 64.3 Å². The fraction of sp³-hybridized carbons (Fsp3) is 0.417. The molecule has 0 aliphatic carbocycles. The zero-order valence-corrected chi connectivity index (χ0v) is 11.0. The Labute approximate surface area is 107 Å². The summed E-state index contributed by atoms with van der Waals surface area (Å²) in [5.41, 5.74) is 7.14. The molecule has 0 radical (unpaired) electrons. The first-order chi connectivity index (χ1) is 7.87. The highest BCUT2D eigenvalue weighted by Crippen LogP contribution is 2.10. The average Bonchev–Trinajstić information content (AvgIpc) is 2.25. The van der Waals surface area contributed by atoms with Crippen molar-refractivity contribution >= 4 is 24.4 Å². The molecule has 0 aliphatic heterocycles. The molecule has 0 aromatic heterocycles. The molecule has 0 saturated heterocycles. The Morgan fingerprint density at radius 1 is 1.41 bits per heavy atom. The maximum Gasteiger partial charge on any atom is 0.407 e. The van der Waals surface area contributed by atoms with E-state index in [0.717, 1.165) is 5.56 Å². The molecular weight excluding hydrogens is 236 g/mol. The number of thiol groups is 1. The number of ether oxygens (including phenoxy) is 1. The Kier molecular flexibility index (Phi) is 4.69. The lowest BCUT2D eigenvalue weighted by molar-refractivity contribution is 0.139. The fourth-order valence-corrected chi connectivity index (χ4v) is 1.18. The molecule has 0 bridgehead atoms. The molecule has 5 heteroatoms. The van der Waals surface area contributed by atoms with Crippen LogP contribution < -0.4 is 11.1 Å². The molecule has 0 fully saturated rings. The molecule has 0 saturated carbocycles. The highest BCUT2D eigenvalue weighted by atomic mass is 32.1. The molecule has 94 valence electrons. The van der Waals surface area contributed by atoms with Gasteiger partial charge in [0.25, 0.3) is 0 Å². The van der Waals surface area contributed by atoms with Crippen molar-refractivity contribution in [3.8, 4) is 0 Å². The first kappa shape index (κ1) is 13.7. The normalized spacial score (nSPS) is 11.0. The first-order valence-corrected chi connectivity index (χ1v) is 5.79. The molecule has 3 N–H and O–H groups in total. The molecule has 0 unspecified atom stereocenters. The van der Waals surface area contributed by atoms with Crippen LogP contribution in [0.4, 0.5) is 10.5 Å². The summed E-state index contributed by atoms with van der Waals surface area (Å²) in [6.45, 7) is 4.52. The van der Waals surface area contributed by atoms with Gasteiger partial charge in [-0.3, -0.25) is 0 Å². The number of amides is 1. The van der Waals surface area contributed by atoms with Gasteiger partial charge in [-0.2, -0.15) is 12.6 Å². The third-order valence-corrected chi connectivity index (χ3v) is 2.17. The monoisotopic (exact) mass is 254 g/mol. The zero-order chi connectivity index (χ0) is 12.9. The molecular formula is C12H18N2O2S. The smallest absolute Gasteiger partial charge is 0.407 e. The number of alkyl carbamates (subject to hydrolysis) is 1. The van der Waals surface area contributed by atoms with Gasteiger partial charge in [0, 0.05) is 17.0 Å². The maximum absolute atomic E-state index is 11.3. The van der Waals surface area contributed by atoms with Crippen LogP contribution in [-0.2, 0) is 11.3 Å². The van der Waals surface area contributed by atoms with Gasteiger partial charge in [-0.15, -0.1) is 0 Å². The SMILES string of the molecule is CC(C)(S)CNC(=O)OCc1ccc(N)cc1. The van der Waals surface area contributed by atoms with Crippen molar-refractivity contribution in [1.82, 2.24) is 5.32 Å². The first-order valence-electron chi connectivity index (χ1n) is 5.34. The standard InChI is InChI=1S/C12H18N2O2S/c1-12(2,17)8-14-11(15)16-7-9-3-5-10(13)6-4-9/h3-6,17H,7-8,13H2,1-2H3,(H,14,15). The highest BCUT2D eigenvalue weighted by molar-refractivity contribution is 7.81. The summed E-state index contributed by atoms with van der Waals surface area (Å²) in [5.74, 6) is 0. The van der Waals surface area contributed by atoms with Crippen molar-refractivity contribution in [2.45, 2.75) is 25.2 Å². The molecule has 4 nitrogen and oxygen atoms in total. The quantitative estimate of drug-likeness (QED) is 0.570. The molecule has 0 aliphatic rings. The van der Waals surface area contributed by atoms with Gasteiger partial charge in [0.15, 0.2) is 0 Å². The fourth-order valence-electron chi connectivity index (χ4n) is 1.10. The van der Waals surface area contributed by atoms with Gasteiger partial charge in [0.1, 0.15) is 6.61 Å². The predicted molar refractivity (Wildman–Crippen MR) is 72.1 cm³/mol. The van der Waals surface area contributed by atoms with E-state index >= 15 is 0 Å². The minimum Gasteiger partial charge on any atom is -0.445 e. The van der Waals surface area contributed by atoms with Gasteiger partial charge in [-0.25, -0.2) is 4.79 Å². The molecule has 1 aromatic rings. The Morgan fingerprint density at radius 2 is 2.00 bits per heavy atom. The Morgan fingerprint density at radius 3 is 2.53 bits per heavy atom. The van der Waals surface area contributed by atoms with Crippen molar-refractivity contribution in [3.63, 3.8) is 0 Å². The van der Waals surface area contributed by atoms with Crippen LogP contribution in [0.3, 0.4) is 0 Å². The molecule has 17 heavy (non-hydrogen) atoms. The Balaban J connectivity index is 2.31. The molecule has 0 spiro atoms. The highest BCUT2D eigenvalue weighted by Gasteiger charge is 2.13. The molecule has 1 amide bonds. The minimum atomic E-state index is -0.441. The lowest BCUT2D eigenvalue weighted by atomic mass is 10.2. The third-order valence-electron chi connectivity index (χ3n) is 2.01. The summed E-state index contributed by atoms with van der Waals surface area (Å²) in [6, 6.07) is 7.19. The maximum atomic E-state index is 11.3. The molecule has 0 heterocycles. The van der Waals surface area contributed by atoms with E-state index in [9.17, 15) is 4.79 Å². The number of hydrogen-bond donors (Lipinski definition) is 3. The number of nitrogens with one attached hydrogen (secondary N) is 1. The summed E-state index contributed by atoms with van der Waals surface area (Å²) < 4.78 is 4.79. The summed E-state index contributed by atoms with van der Waals surface area (Å²) in [5, 5.41) is 2.64. The summed E-state index contributed by atoms with van der Waals surface area (Å²) in [7, 11) is 0.